The highest BCUT2D eigenvalue weighted by molar-refractivity contribution is 5.82. The number of aliphatic hydroxyl groups is 1. The predicted octanol–water partition coefficient (Wildman–Crippen LogP) is 3.50. The monoisotopic (exact) mass is 341 g/mol. The highest BCUT2D eigenvalue weighted by Crippen LogP contribution is 2.28. The van der Waals surface area contributed by atoms with E-state index in [4.69, 9.17) is 4.74 Å². The molecular weight excluding hydrogens is 314 g/mol. The number of amides is 1. The third kappa shape index (κ3) is 5.33. The lowest BCUT2D eigenvalue weighted by molar-refractivity contribution is -0.129. The van der Waals surface area contributed by atoms with Crippen LogP contribution in [0.15, 0.2) is 54.6 Å². The zero-order valence-corrected chi connectivity index (χ0v) is 15.2. The molecule has 4 heteroatoms. The topological polar surface area (TPSA) is 58.6 Å². The Hall–Kier alpha value is -2.33. The second-order valence-electron chi connectivity index (χ2n) is 6.84. The molecule has 0 saturated heterocycles. The Morgan fingerprint density at radius 2 is 1.76 bits per heavy atom. The van der Waals surface area contributed by atoms with Gasteiger partial charge >= 0.3 is 0 Å². The summed E-state index contributed by atoms with van der Waals surface area (Å²) < 4.78 is 5.37. The molecule has 0 aliphatic carbocycles. The zero-order valence-electron chi connectivity index (χ0n) is 15.2. The minimum absolute atomic E-state index is 0.0290. The van der Waals surface area contributed by atoms with E-state index >= 15 is 0 Å². The van der Waals surface area contributed by atoms with Crippen molar-refractivity contribution in [1.29, 1.82) is 0 Å². The van der Waals surface area contributed by atoms with Crippen LogP contribution in [0.4, 0.5) is 0 Å². The van der Waals surface area contributed by atoms with Crippen LogP contribution in [-0.4, -0.2) is 24.7 Å². The number of ether oxygens (including phenoxy) is 1. The molecule has 0 fully saturated rings. The number of carbonyl (C=O) groups excluding carboxylic acids is 1. The van der Waals surface area contributed by atoms with Gasteiger partial charge in [0.25, 0.3) is 0 Å². The van der Waals surface area contributed by atoms with Gasteiger partial charge in [-0.3, -0.25) is 4.79 Å². The first-order valence-corrected chi connectivity index (χ1v) is 8.57. The normalized spacial score (nSPS) is 12.5. The maximum atomic E-state index is 12.6. The van der Waals surface area contributed by atoms with Crippen LogP contribution in [0.25, 0.3) is 0 Å². The van der Waals surface area contributed by atoms with E-state index in [0.717, 1.165) is 16.9 Å². The van der Waals surface area contributed by atoms with Crippen LogP contribution >= 0.6 is 0 Å². The van der Waals surface area contributed by atoms with E-state index in [9.17, 15) is 9.90 Å². The third-order valence-corrected chi connectivity index (χ3v) is 4.33. The number of rotatable bonds is 8. The Kier molecular flexibility index (Phi) is 6.59. The summed E-state index contributed by atoms with van der Waals surface area (Å²) in [5, 5.41) is 13.1. The zero-order chi connectivity index (χ0) is 18.3. The lowest BCUT2D eigenvalue weighted by Gasteiger charge is -2.25. The SMILES string of the molecule is COc1ccccc1CC(C)(C)C(=O)NCCC(O)c1ccccc1. The van der Waals surface area contributed by atoms with Gasteiger partial charge in [0, 0.05) is 12.0 Å². The highest BCUT2D eigenvalue weighted by atomic mass is 16.5. The van der Waals surface area contributed by atoms with Crippen LogP contribution in [0.3, 0.4) is 0 Å². The van der Waals surface area contributed by atoms with Gasteiger partial charge in [-0.1, -0.05) is 62.4 Å². The minimum atomic E-state index is -0.571. The Labute approximate surface area is 149 Å². The summed E-state index contributed by atoms with van der Waals surface area (Å²) in [5.74, 6) is 0.765. The fourth-order valence-electron chi connectivity index (χ4n) is 2.81. The van der Waals surface area contributed by atoms with E-state index in [-0.39, 0.29) is 5.91 Å². The fourth-order valence-corrected chi connectivity index (χ4v) is 2.81. The van der Waals surface area contributed by atoms with E-state index < -0.39 is 11.5 Å². The minimum Gasteiger partial charge on any atom is -0.496 e. The van der Waals surface area contributed by atoms with E-state index in [1.165, 1.54) is 0 Å². The van der Waals surface area contributed by atoms with Crippen LogP contribution in [-0.2, 0) is 11.2 Å². The van der Waals surface area contributed by atoms with Gasteiger partial charge in [0.15, 0.2) is 0 Å². The molecule has 134 valence electrons. The Balaban J connectivity index is 1.88. The Morgan fingerprint density at radius 3 is 2.44 bits per heavy atom. The number of methoxy groups -OCH3 is 1. The number of nitrogens with one attached hydrogen (secondary N) is 1. The molecule has 0 radical (unpaired) electrons. The summed E-state index contributed by atoms with van der Waals surface area (Å²) in [6.45, 7) is 4.27. The molecule has 4 nitrogen and oxygen atoms in total. The van der Waals surface area contributed by atoms with Gasteiger partial charge < -0.3 is 15.2 Å². The molecule has 0 aromatic heterocycles. The molecule has 1 atom stereocenters. The molecule has 2 rings (SSSR count). The molecular formula is C21H27NO3. The maximum Gasteiger partial charge on any atom is 0.225 e. The first-order valence-electron chi connectivity index (χ1n) is 8.57. The summed E-state index contributed by atoms with van der Waals surface area (Å²) in [4.78, 5) is 12.6. The van der Waals surface area contributed by atoms with Gasteiger partial charge in [-0.25, -0.2) is 0 Å². The fraction of sp³-hybridized carbons (Fsp3) is 0.381. The molecule has 1 amide bonds. The van der Waals surface area contributed by atoms with Crippen molar-refractivity contribution in [1.82, 2.24) is 5.32 Å². The average molecular weight is 341 g/mol. The molecule has 0 aliphatic rings. The van der Waals surface area contributed by atoms with Gasteiger partial charge in [0.2, 0.25) is 5.91 Å². The standard InChI is InChI=1S/C21H27NO3/c1-21(2,15-17-11-7-8-12-19(17)25-3)20(24)22-14-13-18(23)16-9-5-4-6-10-16/h4-12,18,23H,13-15H2,1-3H3,(H,22,24). The number of carbonyl (C=O) groups is 1. The van der Waals surface area contributed by atoms with E-state index in [1.54, 1.807) is 7.11 Å². The lowest BCUT2D eigenvalue weighted by Crippen LogP contribution is -2.39. The maximum absolute atomic E-state index is 12.6. The number of benzene rings is 2. The molecule has 0 saturated carbocycles. The molecule has 2 N–H and O–H groups in total. The van der Waals surface area contributed by atoms with E-state index in [1.807, 2.05) is 68.4 Å². The van der Waals surface area contributed by atoms with Gasteiger partial charge in [-0.2, -0.15) is 0 Å². The van der Waals surface area contributed by atoms with Crippen LogP contribution in [0.1, 0.15) is 37.5 Å². The number of para-hydroxylation sites is 1. The first kappa shape index (κ1) is 19.0. The van der Waals surface area contributed by atoms with Gasteiger partial charge in [-0.05, 0) is 30.0 Å². The van der Waals surface area contributed by atoms with Crippen molar-refractivity contribution in [3.05, 3.63) is 65.7 Å². The molecule has 0 heterocycles. The van der Waals surface area contributed by atoms with Crippen LogP contribution in [0.5, 0.6) is 5.75 Å². The first-order chi connectivity index (χ1) is 11.9. The number of hydrogen-bond donors (Lipinski definition) is 2. The summed E-state index contributed by atoms with van der Waals surface area (Å²) >= 11 is 0. The number of aliphatic hydroxyl groups excluding tert-OH is 1. The average Bonchev–Trinajstić information content (AvgIpc) is 2.62. The Bertz CT molecular complexity index is 683. The van der Waals surface area contributed by atoms with Crippen LogP contribution in [0, 0.1) is 5.41 Å². The molecule has 2 aromatic rings. The van der Waals surface area contributed by atoms with Crippen molar-refractivity contribution in [3.8, 4) is 5.75 Å². The summed E-state index contributed by atoms with van der Waals surface area (Å²) in [6.07, 6.45) is 0.503. The Morgan fingerprint density at radius 1 is 1.12 bits per heavy atom. The van der Waals surface area contributed by atoms with Crippen LogP contribution in [0.2, 0.25) is 0 Å². The molecule has 2 aromatic carbocycles. The quantitative estimate of drug-likeness (QED) is 0.772. The molecule has 25 heavy (non-hydrogen) atoms. The van der Waals surface area contributed by atoms with Crippen molar-refractivity contribution >= 4 is 5.91 Å². The summed E-state index contributed by atoms with van der Waals surface area (Å²) in [6, 6.07) is 17.2. The summed E-state index contributed by atoms with van der Waals surface area (Å²) in [5.41, 5.74) is 1.31. The molecule has 0 bridgehead atoms. The highest BCUT2D eigenvalue weighted by Gasteiger charge is 2.28. The van der Waals surface area contributed by atoms with Gasteiger partial charge in [0.05, 0.1) is 13.2 Å². The smallest absolute Gasteiger partial charge is 0.225 e. The van der Waals surface area contributed by atoms with Crippen LogP contribution < -0.4 is 10.1 Å². The number of hydrogen-bond acceptors (Lipinski definition) is 3. The van der Waals surface area contributed by atoms with Gasteiger partial charge in [0.1, 0.15) is 5.75 Å². The van der Waals surface area contributed by atoms with Gasteiger partial charge in [-0.15, -0.1) is 0 Å². The second kappa shape index (κ2) is 8.67. The van der Waals surface area contributed by atoms with Crippen molar-refractivity contribution in [2.75, 3.05) is 13.7 Å². The summed E-state index contributed by atoms with van der Waals surface area (Å²) in [7, 11) is 1.64. The van der Waals surface area contributed by atoms with Crippen molar-refractivity contribution in [3.63, 3.8) is 0 Å². The van der Waals surface area contributed by atoms with Crippen molar-refractivity contribution < 1.29 is 14.6 Å². The third-order valence-electron chi connectivity index (χ3n) is 4.33. The molecule has 0 aliphatic heterocycles. The van der Waals surface area contributed by atoms with Crippen molar-refractivity contribution in [2.45, 2.75) is 32.8 Å². The lowest BCUT2D eigenvalue weighted by atomic mass is 9.84. The van der Waals surface area contributed by atoms with E-state index in [0.29, 0.717) is 19.4 Å². The predicted molar refractivity (Wildman–Crippen MR) is 99.5 cm³/mol. The second-order valence-corrected chi connectivity index (χ2v) is 6.84. The molecule has 1 unspecified atom stereocenters. The van der Waals surface area contributed by atoms with E-state index in [2.05, 4.69) is 5.32 Å². The largest absolute Gasteiger partial charge is 0.496 e. The van der Waals surface area contributed by atoms with Crippen molar-refractivity contribution in [2.24, 2.45) is 5.41 Å². The molecule has 0 spiro atoms.